The molecule has 0 saturated carbocycles. The van der Waals surface area contributed by atoms with Gasteiger partial charge >= 0.3 is 0 Å². The van der Waals surface area contributed by atoms with E-state index < -0.39 is 17.7 Å². The first-order valence-corrected chi connectivity index (χ1v) is 6.24. The minimum absolute atomic E-state index is 0.146. The highest BCUT2D eigenvalue weighted by Crippen LogP contribution is 2.26. The summed E-state index contributed by atoms with van der Waals surface area (Å²) in [5, 5.41) is 5.47. The molecule has 20 heavy (non-hydrogen) atoms. The molecule has 1 amide bonds. The second-order valence-corrected chi connectivity index (χ2v) is 4.67. The van der Waals surface area contributed by atoms with Gasteiger partial charge in [0.1, 0.15) is 17.7 Å². The van der Waals surface area contributed by atoms with Crippen molar-refractivity contribution in [1.29, 1.82) is 0 Å². The van der Waals surface area contributed by atoms with Crippen LogP contribution < -0.4 is 10.6 Å². The third-order valence-corrected chi connectivity index (χ3v) is 3.27. The van der Waals surface area contributed by atoms with E-state index in [0.29, 0.717) is 6.42 Å². The SMILES string of the molecule is O=C(Nc1cc(F)ccc1F)[C@@H]1Cc2ccccc2N1. The summed E-state index contributed by atoms with van der Waals surface area (Å²) < 4.78 is 26.5. The molecule has 2 aromatic carbocycles. The average molecular weight is 274 g/mol. The summed E-state index contributed by atoms with van der Waals surface area (Å²) in [4.78, 5) is 12.1. The molecule has 0 aromatic heterocycles. The van der Waals surface area contributed by atoms with Crippen molar-refractivity contribution < 1.29 is 13.6 Å². The minimum Gasteiger partial charge on any atom is -0.373 e. The molecule has 1 aliphatic heterocycles. The molecule has 0 unspecified atom stereocenters. The zero-order chi connectivity index (χ0) is 14.1. The fourth-order valence-electron chi connectivity index (χ4n) is 2.27. The van der Waals surface area contributed by atoms with Crippen LogP contribution in [0.5, 0.6) is 0 Å². The standard InChI is InChI=1S/C15H12F2N2O/c16-10-5-6-11(17)13(8-10)19-15(20)14-7-9-3-1-2-4-12(9)18-14/h1-6,8,14,18H,7H2,(H,19,20)/t14-/m0/s1. The van der Waals surface area contributed by atoms with Gasteiger partial charge in [0, 0.05) is 18.2 Å². The van der Waals surface area contributed by atoms with Crippen LogP contribution in [0.2, 0.25) is 0 Å². The molecule has 5 heteroatoms. The van der Waals surface area contributed by atoms with Crippen LogP contribution in [0, 0.1) is 11.6 Å². The fourth-order valence-corrected chi connectivity index (χ4v) is 2.27. The fraction of sp³-hybridized carbons (Fsp3) is 0.133. The molecule has 0 radical (unpaired) electrons. The first-order valence-electron chi connectivity index (χ1n) is 6.24. The number of anilines is 2. The number of halogens is 2. The molecule has 0 bridgehead atoms. The van der Waals surface area contributed by atoms with E-state index in [9.17, 15) is 13.6 Å². The Bertz CT molecular complexity index is 648. The van der Waals surface area contributed by atoms with Gasteiger partial charge in [-0.05, 0) is 23.8 Å². The summed E-state index contributed by atoms with van der Waals surface area (Å²) in [6, 6.07) is 10.1. The van der Waals surface area contributed by atoms with Gasteiger partial charge in [0.2, 0.25) is 5.91 Å². The zero-order valence-electron chi connectivity index (χ0n) is 10.5. The maximum atomic E-state index is 13.5. The lowest BCUT2D eigenvalue weighted by molar-refractivity contribution is -0.116. The Hall–Kier alpha value is -2.43. The van der Waals surface area contributed by atoms with Crippen molar-refractivity contribution in [2.75, 3.05) is 10.6 Å². The molecule has 3 nitrogen and oxygen atoms in total. The quantitative estimate of drug-likeness (QED) is 0.884. The van der Waals surface area contributed by atoms with Gasteiger partial charge in [0.05, 0.1) is 5.69 Å². The topological polar surface area (TPSA) is 41.1 Å². The van der Waals surface area contributed by atoms with Crippen molar-refractivity contribution >= 4 is 17.3 Å². The highest BCUT2D eigenvalue weighted by molar-refractivity contribution is 5.98. The predicted molar refractivity (Wildman–Crippen MR) is 72.5 cm³/mol. The number of nitrogens with one attached hydrogen (secondary N) is 2. The van der Waals surface area contributed by atoms with E-state index in [0.717, 1.165) is 29.4 Å². The second-order valence-electron chi connectivity index (χ2n) is 4.67. The van der Waals surface area contributed by atoms with Gasteiger partial charge in [0.15, 0.2) is 0 Å². The molecular formula is C15H12F2N2O. The van der Waals surface area contributed by atoms with E-state index in [-0.39, 0.29) is 11.6 Å². The Labute approximate surface area is 114 Å². The Morgan fingerprint density at radius 3 is 2.80 bits per heavy atom. The highest BCUT2D eigenvalue weighted by atomic mass is 19.1. The summed E-state index contributed by atoms with van der Waals surface area (Å²) in [6.07, 6.45) is 0.527. The highest BCUT2D eigenvalue weighted by Gasteiger charge is 2.26. The van der Waals surface area contributed by atoms with Crippen LogP contribution in [0.4, 0.5) is 20.2 Å². The van der Waals surface area contributed by atoms with Crippen molar-refractivity contribution in [3.05, 3.63) is 59.7 Å². The Balaban J connectivity index is 1.74. The van der Waals surface area contributed by atoms with Crippen LogP contribution in [-0.4, -0.2) is 11.9 Å². The van der Waals surface area contributed by atoms with E-state index >= 15 is 0 Å². The molecule has 0 spiro atoms. The maximum Gasteiger partial charge on any atom is 0.247 e. The third kappa shape index (κ3) is 2.34. The smallest absolute Gasteiger partial charge is 0.247 e. The number of carbonyl (C=O) groups excluding carboxylic acids is 1. The molecule has 1 aliphatic rings. The van der Waals surface area contributed by atoms with E-state index in [4.69, 9.17) is 0 Å². The number of hydrogen-bond acceptors (Lipinski definition) is 2. The molecule has 3 rings (SSSR count). The number of benzene rings is 2. The lowest BCUT2D eigenvalue weighted by Crippen LogP contribution is -2.33. The Kier molecular flexibility index (Phi) is 3.10. The largest absolute Gasteiger partial charge is 0.373 e. The maximum absolute atomic E-state index is 13.5. The van der Waals surface area contributed by atoms with Crippen LogP contribution in [0.1, 0.15) is 5.56 Å². The third-order valence-electron chi connectivity index (χ3n) is 3.27. The number of fused-ring (bicyclic) bond motifs is 1. The molecule has 102 valence electrons. The minimum atomic E-state index is -0.657. The van der Waals surface area contributed by atoms with Gasteiger partial charge in [0.25, 0.3) is 0 Å². The van der Waals surface area contributed by atoms with E-state index in [1.165, 1.54) is 0 Å². The number of para-hydroxylation sites is 1. The van der Waals surface area contributed by atoms with Crippen molar-refractivity contribution in [3.63, 3.8) is 0 Å². The van der Waals surface area contributed by atoms with Gasteiger partial charge in [-0.3, -0.25) is 4.79 Å². The van der Waals surface area contributed by atoms with Crippen molar-refractivity contribution in [2.24, 2.45) is 0 Å². The number of rotatable bonds is 2. The van der Waals surface area contributed by atoms with Gasteiger partial charge in [-0.25, -0.2) is 8.78 Å². The molecule has 0 fully saturated rings. The van der Waals surface area contributed by atoms with Gasteiger partial charge in [-0.2, -0.15) is 0 Å². The molecule has 0 aliphatic carbocycles. The van der Waals surface area contributed by atoms with Crippen LogP contribution in [-0.2, 0) is 11.2 Å². The molecule has 0 saturated heterocycles. The number of amides is 1. The van der Waals surface area contributed by atoms with Crippen LogP contribution in [0.3, 0.4) is 0 Å². The molecule has 2 aromatic rings. The number of hydrogen-bond donors (Lipinski definition) is 2. The van der Waals surface area contributed by atoms with E-state index in [2.05, 4.69) is 10.6 Å². The van der Waals surface area contributed by atoms with E-state index in [1.807, 2.05) is 24.3 Å². The summed E-state index contributed by atoms with van der Waals surface area (Å²) in [5.41, 5.74) is 1.78. The zero-order valence-corrected chi connectivity index (χ0v) is 10.5. The lowest BCUT2D eigenvalue weighted by atomic mass is 10.1. The van der Waals surface area contributed by atoms with Crippen molar-refractivity contribution in [1.82, 2.24) is 0 Å². The van der Waals surface area contributed by atoms with Crippen LogP contribution >= 0.6 is 0 Å². The predicted octanol–water partition coefficient (Wildman–Crippen LogP) is 2.94. The average Bonchev–Trinajstić information content (AvgIpc) is 2.87. The van der Waals surface area contributed by atoms with Crippen LogP contribution in [0.25, 0.3) is 0 Å². The van der Waals surface area contributed by atoms with E-state index in [1.54, 1.807) is 0 Å². The summed E-state index contributed by atoms with van der Waals surface area (Å²) in [7, 11) is 0. The molecule has 1 atom stereocenters. The van der Waals surface area contributed by atoms with Gasteiger partial charge < -0.3 is 10.6 Å². The van der Waals surface area contributed by atoms with Crippen LogP contribution in [0.15, 0.2) is 42.5 Å². The van der Waals surface area contributed by atoms with Crippen molar-refractivity contribution in [2.45, 2.75) is 12.5 Å². The van der Waals surface area contributed by atoms with Gasteiger partial charge in [-0.15, -0.1) is 0 Å². The first-order chi connectivity index (χ1) is 9.63. The summed E-state index contributed by atoms with van der Waals surface area (Å²) >= 11 is 0. The second kappa shape index (κ2) is 4.92. The lowest BCUT2D eigenvalue weighted by Gasteiger charge is -2.12. The molecular weight excluding hydrogens is 262 g/mol. The van der Waals surface area contributed by atoms with Gasteiger partial charge in [-0.1, -0.05) is 18.2 Å². The Morgan fingerprint density at radius 1 is 1.20 bits per heavy atom. The molecule has 1 heterocycles. The number of carbonyl (C=O) groups is 1. The normalized spacial score (nSPS) is 16.4. The van der Waals surface area contributed by atoms with Crippen molar-refractivity contribution in [3.8, 4) is 0 Å². The first kappa shape index (κ1) is 12.6. The monoisotopic (exact) mass is 274 g/mol. The summed E-state index contributed by atoms with van der Waals surface area (Å²) in [5.74, 6) is -1.63. The summed E-state index contributed by atoms with van der Waals surface area (Å²) in [6.45, 7) is 0. The Morgan fingerprint density at radius 2 is 2.00 bits per heavy atom. The molecule has 2 N–H and O–H groups in total.